The molecule has 2 aliphatic heterocycles. The Bertz CT molecular complexity index is 1420. The van der Waals surface area contributed by atoms with Gasteiger partial charge in [0.1, 0.15) is 12.0 Å². The van der Waals surface area contributed by atoms with E-state index in [9.17, 15) is 27.9 Å². The molecule has 12 heteroatoms. The van der Waals surface area contributed by atoms with Gasteiger partial charge in [0.2, 0.25) is 0 Å². The number of hydrogen-bond acceptors (Lipinski definition) is 6. The monoisotopic (exact) mass is 632 g/mol. The Kier molecular flexibility index (Phi) is 9.55. The summed E-state index contributed by atoms with van der Waals surface area (Å²) in [5.74, 6) is -0.744. The van der Waals surface area contributed by atoms with Crippen molar-refractivity contribution in [3.63, 3.8) is 0 Å². The van der Waals surface area contributed by atoms with Gasteiger partial charge >= 0.3 is 6.18 Å². The van der Waals surface area contributed by atoms with E-state index in [1.54, 1.807) is 19.2 Å². The van der Waals surface area contributed by atoms with E-state index in [0.717, 1.165) is 55.1 Å². The second-order valence-electron chi connectivity index (χ2n) is 11.8. The van der Waals surface area contributed by atoms with Gasteiger partial charge in [-0.05, 0) is 62.1 Å². The molecule has 0 radical (unpaired) electrons. The van der Waals surface area contributed by atoms with Crippen molar-refractivity contribution in [3.05, 3.63) is 82.7 Å². The van der Waals surface area contributed by atoms with E-state index in [1.165, 1.54) is 29.4 Å². The van der Waals surface area contributed by atoms with Crippen molar-refractivity contribution in [1.82, 2.24) is 15.0 Å². The SMILES string of the molecule is CN(Cc1ccon1)C(=O)c1ccc(N2CCC(CC3CCN(C(=O)C(O)(c4ccccc4)C(F)(F)F)CC3)CC2)cc1Cl. The number of amides is 2. The van der Waals surface area contributed by atoms with Crippen molar-refractivity contribution in [2.75, 3.05) is 38.1 Å². The highest BCUT2D eigenvalue weighted by atomic mass is 35.5. The van der Waals surface area contributed by atoms with Crippen LogP contribution in [0.1, 0.15) is 53.7 Å². The largest absolute Gasteiger partial charge is 0.430 e. The lowest BCUT2D eigenvalue weighted by Crippen LogP contribution is -2.57. The smallest absolute Gasteiger partial charge is 0.371 e. The summed E-state index contributed by atoms with van der Waals surface area (Å²) >= 11 is 6.53. The predicted molar refractivity (Wildman–Crippen MR) is 159 cm³/mol. The molecule has 3 heterocycles. The quantitative estimate of drug-likeness (QED) is 0.333. The van der Waals surface area contributed by atoms with Gasteiger partial charge < -0.3 is 24.3 Å². The number of likely N-dealkylation sites (tertiary alicyclic amines) is 1. The lowest BCUT2D eigenvalue weighted by molar-refractivity contribution is -0.262. The molecule has 44 heavy (non-hydrogen) atoms. The first kappa shape index (κ1) is 31.8. The van der Waals surface area contributed by atoms with Crippen LogP contribution < -0.4 is 4.90 Å². The Hall–Kier alpha value is -3.57. The number of benzene rings is 2. The summed E-state index contributed by atoms with van der Waals surface area (Å²) in [7, 11) is 1.68. The summed E-state index contributed by atoms with van der Waals surface area (Å²) in [6.45, 7) is 2.33. The Morgan fingerprint density at radius 2 is 1.64 bits per heavy atom. The third-order valence-electron chi connectivity index (χ3n) is 8.88. The Labute approximate surface area is 259 Å². The van der Waals surface area contributed by atoms with Crippen LogP contribution in [-0.2, 0) is 16.9 Å². The van der Waals surface area contributed by atoms with Gasteiger partial charge in [0.25, 0.3) is 17.4 Å². The minimum absolute atomic E-state index is 0.185. The zero-order valence-electron chi connectivity index (χ0n) is 24.5. The number of halogens is 4. The van der Waals surface area contributed by atoms with Crippen LogP contribution in [0.4, 0.5) is 18.9 Å². The first-order chi connectivity index (χ1) is 21.0. The number of carbonyl (C=O) groups excluding carboxylic acids is 2. The second kappa shape index (κ2) is 13.2. The Morgan fingerprint density at radius 1 is 1.00 bits per heavy atom. The lowest BCUT2D eigenvalue weighted by Gasteiger charge is -2.40. The van der Waals surface area contributed by atoms with Gasteiger partial charge in [-0.2, -0.15) is 13.2 Å². The number of hydrogen-bond donors (Lipinski definition) is 1. The molecular formula is C32H36ClF3N4O4. The molecule has 8 nitrogen and oxygen atoms in total. The van der Waals surface area contributed by atoms with Crippen LogP contribution in [0, 0.1) is 11.8 Å². The predicted octanol–water partition coefficient (Wildman–Crippen LogP) is 5.90. The van der Waals surface area contributed by atoms with E-state index in [2.05, 4.69) is 10.1 Å². The van der Waals surface area contributed by atoms with Crippen LogP contribution in [0.15, 0.2) is 65.4 Å². The molecule has 2 saturated heterocycles. The average molecular weight is 633 g/mol. The molecule has 1 N–H and O–H groups in total. The molecule has 0 aliphatic carbocycles. The molecule has 2 fully saturated rings. The maximum Gasteiger partial charge on any atom is 0.430 e. The normalized spacial score (nSPS) is 18.2. The number of carbonyl (C=O) groups is 2. The molecular weight excluding hydrogens is 597 g/mol. The zero-order chi connectivity index (χ0) is 31.5. The summed E-state index contributed by atoms with van der Waals surface area (Å²) in [4.78, 5) is 30.9. The minimum atomic E-state index is -5.13. The molecule has 3 aromatic rings. The summed E-state index contributed by atoms with van der Waals surface area (Å²) in [6.07, 6.45) is 0.392. The number of piperidine rings is 2. The van der Waals surface area contributed by atoms with E-state index < -0.39 is 23.2 Å². The molecule has 2 amide bonds. The third kappa shape index (κ3) is 6.73. The zero-order valence-corrected chi connectivity index (χ0v) is 25.2. The number of aliphatic hydroxyl groups is 1. The summed E-state index contributed by atoms with van der Waals surface area (Å²) in [5.41, 5.74) is -2.02. The van der Waals surface area contributed by atoms with Crippen molar-refractivity contribution < 1.29 is 32.4 Å². The molecule has 0 bridgehead atoms. The number of alkyl halides is 3. The van der Waals surface area contributed by atoms with E-state index >= 15 is 0 Å². The fourth-order valence-electron chi connectivity index (χ4n) is 6.30. The van der Waals surface area contributed by atoms with Crippen molar-refractivity contribution in [2.45, 2.75) is 50.4 Å². The Morgan fingerprint density at radius 3 is 2.20 bits per heavy atom. The van der Waals surface area contributed by atoms with Crippen molar-refractivity contribution in [1.29, 1.82) is 0 Å². The summed E-state index contributed by atoms with van der Waals surface area (Å²) < 4.78 is 46.8. The van der Waals surface area contributed by atoms with Crippen molar-refractivity contribution in [3.8, 4) is 0 Å². The van der Waals surface area contributed by atoms with Crippen LogP contribution in [-0.4, -0.2) is 71.3 Å². The molecule has 1 unspecified atom stereocenters. The molecule has 2 aliphatic rings. The van der Waals surface area contributed by atoms with Gasteiger partial charge in [-0.15, -0.1) is 0 Å². The van der Waals surface area contributed by atoms with Crippen LogP contribution >= 0.6 is 11.6 Å². The highest BCUT2D eigenvalue weighted by Gasteiger charge is 2.62. The van der Waals surface area contributed by atoms with E-state index in [0.29, 0.717) is 47.5 Å². The van der Waals surface area contributed by atoms with E-state index in [4.69, 9.17) is 16.1 Å². The fraction of sp³-hybridized carbons (Fsp3) is 0.469. The van der Waals surface area contributed by atoms with E-state index in [1.807, 2.05) is 12.1 Å². The standard InChI is InChI=1S/C32H36ClF3N4O4/c1-38(21-25-13-18-44-37-25)29(41)27-8-7-26(20-28(27)33)39-14-9-22(10-15-39)19-23-11-16-40(17-12-23)30(42)31(43,32(34,35)36)24-5-3-2-4-6-24/h2-8,13,18,20,22-23,43H,9-12,14-17,19,21H2,1H3. The number of anilines is 1. The second-order valence-corrected chi connectivity index (χ2v) is 12.2. The maximum absolute atomic E-state index is 14.0. The van der Waals surface area contributed by atoms with Crippen molar-refractivity contribution in [2.24, 2.45) is 11.8 Å². The third-order valence-corrected chi connectivity index (χ3v) is 9.19. The van der Waals surface area contributed by atoms with Gasteiger partial charge in [-0.1, -0.05) is 47.1 Å². The maximum atomic E-state index is 14.0. The van der Waals surface area contributed by atoms with E-state index in [-0.39, 0.29) is 19.0 Å². The van der Waals surface area contributed by atoms with Gasteiger partial charge in [0.15, 0.2) is 0 Å². The summed E-state index contributed by atoms with van der Waals surface area (Å²) in [6, 6.07) is 13.7. The van der Waals surface area contributed by atoms with Crippen LogP contribution in [0.5, 0.6) is 0 Å². The van der Waals surface area contributed by atoms with Gasteiger partial charge in [-0.3, -0.25) is 9.59 Å². The fourth-order valence-corrected chi connectivity index (χ4v) is 6.56. The van der Waals surface area contributed by atoms with Gasteiger partial charge in [-0.25, -0.2) is 0 Å². The first-order valence-electron chi connectivity index (χ1n) is 14.8. The number of nitrogens with zero attached hydrogens (tertiary/aromatic N) is 4. The Balaban J connectivity index is 1.11. The van der Waals surface area contributed by atoms with Gasteiger partial charge in [0, 0.05) is 50.5 Å². The minimum Gasteiger partial charge on any atom is -0.371 e. The summed E-state index contributed by atoms with van der Waals surface area (Å²) in [5, 5.41) is 14.9. The van der Waals surface area contributed by atoms with Gasteiger partial charge in [0.05, 0.1) is 17.1 Å². The first-order valence-corrected chi connectivity index (χ1v) is 15.2. The van der Waals surface area contributed by atoms with Crippen LogP contribution in [0.2, 0.25) is 5.02 Å². The average Bonchev–Trinajstić information content (AvgIpc) is 3.53. The number of aromatic nitrogens is 1. The molecule has 0 spiro atoms. The lowest BCUT2D eigenvalue weighted by atomic mass is 9.82. The molecule has 0 saturated carbocycles. The topological polar surface area (TPSA) is 90.1 Å². The van der Waals surface area contributed by atoms with Crippen LogP contribution in [0.25, 0.3) is 0 Å². The number of rotatable bonds is 8. The molecule has 1 atom stereocenters. The molecule has 5 rings (SSSR count). The highest BCUT2D eigenvalue weighted by molar-refractivity contribution is 6.34. The van der Waals surface area contributed by atoms with Crippen molar-refractivity contribution >= 4 is 29.1 Å². The molecule has 1 aromatic heterocycles. The molecule has 2 aromatic carbocycles. The van der Waals surface area contributed by atoms with Crippen LogP contribution in [0.3, 0.4) is 0 Å². The highest BCUT2D eigenvalue weighted by Crippen LogP contribution is 2.41. The molecule has 236 valence electrons.